The number of carbonyl (C=O) groups excluding carboxylic acids is 1. The van der Waals surface area contributed by atoms with E-state index in [0.717, 1.165) is 16.7 Å². The number of allylic oxidation sites excluding steroid dienone is 3. The number of fused-ring (bicyclic) bond motifs is 1. The van der Waals surface area contributed by atoms with E-state index in [4.69, 9.17) is 16.3 Å². The number of benzene rings is 1. The van der Waals surface area contributed by atoms with Crippen LogP contribution in [0.3, 0.4) is 0 Å². The third-order valence-electron chi connectivity index (χ3n) is 6.08. The lowest BCUT2D eigenvalue weighted by atomic mass is 9.75. The number of aliphatic hydroxyl groups is 1. The molecule has 7 heteroatoms. The molecule has 3 N–H and O–H groups in total. The molecule has 0 amide bonds. The van der Waals surface area contributed by atoms with Crippen LogP contribution in [0, 0.1) is 5.82 Å². The summed E-state index contributed by atoms with van der Waals surface area (Å²) >= 11 is 6.17. The molecule has 2 aliphatic heterocycles. The highest BCUT2D eigenvalue weighted by molar-refractivity contribution is 6.30. The number of hydrogen-bond donors (Lipinski definition) is 3. The van der Waals surface area contributed by atoms with Crippen LogP contribution in [0.4, 0.5) is 4.39 Å². The maximum absolute atomic E-state index is 13.4. The van der Waals surface area contributed by atoms with E-state index in [9.17, 15) is 14.3 Å². The molecule has 30 heavy (non-hydrogen) atoms. The van der Waals surface area contributed by atoms with Crippen molar-refractivity contribution in [2.75, 3.05) is 6.54 Å². The number of ketones is 1. The highest BCUT2D eigenvalue weighted by Crippen LogP contribution is 2.41. The fraction of sp³-hybridized carbons (Fsp3) is 0.435. The Labute approximate surface area is 180 Å². The first-order valence-electron chi connectivity index (χ1n) is 10.1. The van der Waals surface area contributed by atoms with Crippen molar-refractivity contribution < 1.29 is 19.0 Å². The second kappa shape index (κ2) is 7.84. The second-order valence-corrected chi connectivity index (χ2v) is 9.02. The normalized spacial score (nSPS) is 27.7. The van der Waals surface area contributed by atoms with Gasteiger partial charge in [-0.2, -0.15) is 0 Å². The average molecular weight is 433 g/mol. The van der Waals surface area contributed by atoms with Gasteiger partial charge in [-0.05, 0) is 68.7 Å². The zero-order chi connectivity index (χ0) is 21.6. The number of ether oxygens (including phenoxy) is 1. The summed E-state index contributed by atoms with van der Waals surface area (Å²) in [7, 11) is 0. The summed E-state index contributed by atoms with van der Waals surface area (Å²) in [5, 5.41) is 17.8. The predicted octanol–water partition coefficient (Wildman–Crippen LogP) is 3.09. The lowest BCUT2D eigenvalue weighted by Gasteiger charge is -2.46. The van der Waals surface area contributed by atoms with E-state index in [2.05, 4.69) is 10.6 Å². The van der Waals surface area contributed by atoms with Gasteiger partial charge in [-0.15, -0.1) is 0 Å². The summed E-state index contributed by atoms with van der Waals surface area (Å²) in [6.07, 6.45) is 2.04. The van der Waals surface area contributed by atoms with E-state index in [0.29, 0.717) is 35.9 Å². The van der Waals surface area contributed by atoms with E-state index in [1.54, 1.807) is 12.1 Å². The van der Waals surface area contributed by atoms with Crippen molar-refractivity contribution in [1.82, 2.24) is 10.6 Å². The van der Waals surface area contributed by atoms with Crippen molar-refractivity contribution >= 4 is 17.4 Å². The van der Waals surface area contributed by atoms with E-state index in [1.807, 2.05) is 26.8 Å². The second-order valence-electron chi connectivity index (χ2n) is 8.61. The Morgan fingerprint density at radius 3 is 2.73 bits per heavy atom. The van der Waals surface area contributed by atoms with Crippen molar-refractivity contribution in [2.24, 2.45) is 0 Å². The van der Waals surface area contributed by atoms with Gasteiger partial charge in [-0.1, -0.05) is 23.7 Å². The third-order valence-corrected chi connectivity index (χ3v) is 6.29. The fourth-order valence-corrected chi connectivity index (χ4v) is 4.67. The van der Waals surface area contributed by atoms with Gasteiger partial charge in [0.25, 0.3) is 0 Å². The number of dihydropyridines is 1. The standard InChI is InChI=1S/C23H26ClFN2O3/c1-12-10-17(24)27-19-15(12)11-16-18(21(19)28)20(22(29)23(2,3)30-16)26-9-8-13-4-6-14(25)7-5-13/h4-7,10,19-20,22,26-27,29H,8-9,11H2,1-3H3. The molecule has 3 atom stereocenters. The van der Waals surface area contributed by atoms with Crippen LogP contribution >= 0.6 is 11.6 Å². The average Bonchev–Trinajstić information content (AvgIpc) is 2.67. The minimum atomic E-state index is -0.908. The fourth-order valence-electron chi connectivity index (χ4n) is 4.40. The number of aliphatic hydroxyl groups excluding tert-OH is 1. The zero-order valence-corrected chi connectivity index (χ0v) is 18.0. The Balaban J connectivity index is 1.60. The maximum Gasteiger partial charge on any atom is 0.190 e. The molecule has 0 radical (unpaired) electrons. The van der Waals surface area contributed by atoms with Gasteiger partial charge in [-0.3, -0.25) is 4.79 Å². The summed E-state index contributed by atoms with van der Waals surface area (Å²) in [4.78, 5) is 13.4. The van der Waals surface area contributed by atoms with Gasteiger partial charge >= 0.3 is 0 Å². The molecule has 0 spiro atoms. The zero-order valence-electron chi connectivity index (χ0n) is 17.3. The predicted molar refractivity (Wildman–Crippen MR) is 113 cm³/mol. The smallest absolute Gasteiger partial charge is 0.190 e. The van der Waals surface area contributed by atoms with Crippen LogP contribution in [-0.2, 0) is 16.0 Å². The van der Waals surface area contributed by atoms with Crippen molar-refractivity contribution in [3.63, 3.8) is 0 Å². The lowest BCUT2D eigenvalue weighted by Crippen LogP contribution is -2.60. The number of carbonyl (C=O) groups is 1. The third kappa shape index (κ3) is 3.80. The van der Waals surface area contributed by atoms with Crippen LogP contribution < -0.4 is 10.6 Å². The van der Waals surface area contributed by atoms with Crippen molar-refractivity contribution in [3.8, 4) is 0 Å². The molecule has 0 saturated carbocycles. The molecule has 0 saturated heterocycles. The minimum absolute atomic E-state index is 0.134. The van der Waals surface area contributed by atoms with Gasteiger partial charge in [0.2, 0.25) is 0 Å². The van der Waals surface area contributed by atoms with Gasteiger partial charge in [-0.25, -0.2) is 4.39 Å². The molecule has 3 aliphatic rings. The number of Topliss-reactive ketones (excluding diaryl/α,β-unsaturated/α-hetero) is 1. The lowest BCUT2D eigenvalue weighted by molar-refractivity contribution is -0.126. The molecule has 0 aromatic heterocycles. The Bertz CT molecular complexity index is 965. The molecule has 5 nitrogen and oxygen atoms in total. The number of halogens is 2. The maximum atomic E-state index is 13.4. The number of rotatable bonds is 4. The van der Waals surface area contributed by atoms with E-state index < -0.39 is 23.8 Å². The molecule has 1 aliphatic carbocycles. The van der Waals surface area contributed by atoms with Crippen LogP contribution in [-0.4, -0.2) is 41.2 Å². The summed E-state index contributed by atoms with van der Waals surface area (Å²) < 4.78 is 19.2. The molecular weight excluding hydrogens is 407 g/mol. The van der Waals surface area contributed by atoms with E-state index in [1.165, 1.54) is 12.1 Å². The Hall–Kier alpha value is -2.15. The first kappa shape index (κ1) is 21.1. The van der Waals surface area contributed by atoms with Gasteiger partial charge in [0.05, 0.1) is 11.6 Å². The summed E-state index contributed by atoms with van der Waals surface area (Å²) in [5.74, 6) is 0.196. The molecular formula is C23H26ClFN2O3. The van der Waals surface area contributed by atoms with Crippen LogP contribution in [0.2, 0.25) is 0 Å². The van der Waals surface area contributed by atoms with Crippen LogP contribution in [0.15, 0.2) is 58.0 Å². The number of nitrogens with one attached hydrogen (secondary N) is 2. The number of hydrogen-bond acceptors (Lipinski definition) is 5. The first-order valence-corrected chi connectivity index (χ1v) is 10.5. The molecule has 1 aromatic rings. The van der Waals surface area contributed by atoms with Gasteiger partial charge < -0.3 is 20.5 Å². The molecule has 1 aromatic carbocycles. The van der Waals surface area contributed by atoms with Gasteiger partial charge in [0.1, 0.15) is 34.5 Å². The topological polar surface area (TPSA) is 70.6 Å². The monoisotopic (exact) mass is 432 g/mol. The Kier molecular flexibility index (Phi) is 5.51. The molecule has 0 bridgehead atoms. The van der Waals surface area contributed by atoms with Gasteiger partial charge in [0.15, 0.2) is 5.78 Å². The largest absolute Gasteiger partial charge is 0.489 e. The SMILES string of the molecule is CC1=C2CC3=C(C(=O)C2NC(Cl)=C1)C(NCCc1ccc(F)cc1)C(O)C(C)(C)O3. The highest BCUT2D eigenvalue weighted by Gasteiger charge is 2.50. The van der Waals surface area contributed by atoms with E-state index in [-0.39, 0.29) is 11.6 Å². The summed E-state index contributed by atoms with van der Waals surface area (Å²) in [5.41, 5.74) is 2.50. The van der Waals surface area contributed by atoms with Crippen molar-refractivity contribution in [3.05, 3.63) is 69.4 Å². The van der Waals surface area contributed by atoms with Crippen LogP contribution in [0.25, 0.3) is 0 Å². The molecule has 4 rings (SSSR count). The van der Waals surface area contributed by atoms with Crippen LogP contribution in [0.5, 0.6) is 0 Å². The molecule has 160 valence electrons. The Morgan fingerprint density at radius 1 is 1.33 bits per heavy atom. The van der Waals surface area contributed by atoms with Crippen molar-refractivity contribution in [2.45, 2.75) is 57.4 Å². The summed E-state index contributed by atoms with van der Waals surface area (Å²) in [6, 6.07) is 5.21. The Morgan fingerprint density at radius 2 is 2.03 bits per heavy atom. The highest BCUT2D eigenvalue weighted by atomic mass is 35.5. The first-order chi connectivity index (χ1) is 14.2. The molecule has 3 unspecified atom stereocenters. The quantitative estimate of drug-likeness (QED) is 0.638. The molecule has 0 fully saturated rings. The van der Waals surface area contributed by atoms with Gasteiger partial charge in [0, 0.05) is 6.42 Å². The molecule has 2 heterocycles. The van der Waals surface area contributed by atoms with Crippen LogP contribution in [0.1, 0.15) is 32.8 Å². The minimum Gasteiger partial charge on any atom is -0.489 e. The van der Waals surface area contributed by atoms with Crippen molar-refractivity contribution in [1.29, 1.82) is 0 Å². The van der Waals surface area contributed by atoms with E-state index >= 15 is 0 Å². The summed E-state index contributed by atoms with van der Waals surface area (Å²) in [6.45, 7) is 6.10.